The van der Waals surface area contributed by atoms with Crippen molar-refractivity contribution in [1.29, 1.82) is 0 Å². The van der Waals surface area contributed by atoms with Crippen LogP contribution in [0.25, 0.3) is 0 Å². The highest BCUT2D eigenvalue weighted by molar-refractivity contribution is 7.17. The van der Waals surface area contributed by atoms with Crippen LogP contribution in [0.4, 0.5) is 0 Å². The van der Waals surface area contributed by atoms with Crippen molar-refractivity contribution >= 4 is 9.24 Å². The molecule has 0 aromatic rings. The van der Waals surface area contributed by atoms with Gasteiger partial charge in [0.1, 0.15) is 0 Å². The fourth-order valence-electron chi connectivity index (χ4n) is 2.67. The van der Waals surface area contributed by atoms with Crippen LogP contribution < -0.4 is 0 Å². The molecule has 0 N–H and O–H groups in total. The molecule has 0 nitrogen and oxygen atoms in total. The molecule has 0 bridgehead atoms. The van der Waals surface area contributed by atoms with Gasteiger partial charge in [-0.05, 0) is 36.3 Å². The van der Waals surface area contributed by atoms with Crippen LogP contribution in [0.2, 0.25) is 0 Å². The van der Waals surface area contributed by atoms with Crippen LogP contribution in [-0.4, -0.2) is 5.66 Å². The lowest BCUT2D eigenvalue weighted by Gasteiger charge is -2.04. The Morgan fingerprint density at radius 2 is 2.22 bits per heavy atom. The van der Waals surface area contributed by atoms with Crippen molar-refractivity contribution in [3.63, 3.8) is 0 Å². The van der Waals surface area contributed by atoms with Crippen molar-refractivity contribution in [2.24, 2.45) is 17.8 Å². The van der Waals surface area contributed by atoms with Crippen molar-refractivity contribution in [2.45, 2.75) is 31.8 Å². The monoisotopic (exact) mass is 142 g/mol. The first-order valence-corrected chi connectivity index (χ1v) is 4.77. The largest absolute Gasteiger partial charge is 0.134 e. The van der Waals surface area contributed by atoms with Gasteiger partial charge in [0, 0.05) is 0 Å². The predicted molar refractivity (Wildman–Crippen MR) is 43.5 cm³/mol. The third-order valence-corrected chi connectivity index (χ3v) is 3.97. The molecule has 0 heterocycles. The van der Waals surface area contributed by atoms with Crippen molar-refractivity contribution < 1.29 is 0 Å². The van der Waals surface area contributed by atoms with Crippen LogP contribution in [0.3, 0.4) is 0 Å². The van der Waals surface area contributed by atoms with E-state index < -0.39 is 0 Å². The lowest BCUT2D eigenvalue weighted by molar-refractivity contribution is 0.582. The summed E-state index contributed by atoms with van der Waals surface area (Å²) in [5, 5.41) is 0. The molecule has 2 rings (SSSR count). The summed E-state index contributed by atoms with van der Waals surface area (Å²) in [4.78, 5) is 0. The van der Waals surface area contributed by atoms with Gasteiger partial charge in [-0.1, -0.05) is 13.3 Å². The molecule has 2 aliphatic rings. The van der Waals surface area contributed by atoms with E-state index in [0.717, 1.165) is 23.4 Å². The van der Waals surface area contributed by atoms with Crippen LogP contribution in [0.5, 0.6) is 0 Å². The van der Waals surface area contributed by atoms with E-state index >= 15 is 0 Å². The second kappa shape index (κ2) is 1.95. The lowest BCUT2D eigenvalue weighted by Crippen LogP contribution is -1.97. The summed E-state index contributed by atoms with van der Waals surface area (Å²) >= 11 is 0. The summed E-state index contributed by atoms with van der Waals surface area (Å²) in [5.41, 5.74) is 0.986. The van der Waals surface area contributed by atoms with Gasteiger partial charge in [0.2, 0.25) is 0 Å². The second-order valence-electron chi connectivity index (χ2n) is 3.55. The maximum Gasteiger partial charge on any atom is -0.0230 e. The Kier molecular flexibility index (Phi) is 1.34. The van der Waals surface area contributed by atoms with Crippen molar-refractivity contribution in [2.75, 3.05) is 0 Å². The average molecular weight is 142 g/mol. The molecule has 9 heavy (non-hydrogen) atoms. The van der Waals surface area contributed by atoms with Gasteiger partial charge < -0.3 is 0 Å². The molecule has 5 atom stereocenters. The zero-order valence-corrected chi connectivity index (χ0v) is 7.16. The van der Waals surface area contributed by atoms with E-state index in [1.54, 1.807) is 0 Å². The van der Waals surface area contributed by atoms with Gasteiger partial charge in [-0.3, -0.25) is 0 Å². The van der Waals surface area contributed by atoms with Gasteiger partial charge in [0.05, 0.1) is 0 Å². The fraction of sp³-hybridized carbons (Fsp3) is 1.00. The van der Waals surface area contributed by atoms with Gasteiger partial charge in [-0.2, -0.15) is 0 Å². The summed E-state index contributed by atoms with van der Waals surface area (Å²) in [6.07, 6.45) is 4.44. The predicted octanol–water partition coefficient (Wildman–Crippen LogP) is 2.30. The van der Waals surface area contributed by atoms with Crippen LogP contribution in [-0.2, 0) is 0 Å². The standard InChI is InChI=1S/C8H15P/c1-2-5-6-3-4-7(9)8(5)6/h5-8H,2-4,9H2,1H3. The average Bonchev–Trinajstić information content (AvgIpc) is 2.46. The minimum atomic E-state index is 0.986. The van der Waals surface area contributed by atoms with Crippen molar-refractivity contribution in [3.8, 4) is 0 Å². The van der Waals surface area contributed by atoms with Crippen LogP contribution in [0.15, 0.2) is 0 Å². The highest BCUT2D eigenvalue weighted by atomic mass is 31.0. The molecule has 0 aromatic carbocycles. The molecular weight excluding hydrogens is 127 g/mol. The lowest BCUT2D eigenvalue weighted by atomic mass is 10.1. The Hall–Kier alpha value is 0.430. The van der Waals surface area contributed by atoms with E-state index in [9.17, 15) is 0 Å². The topological polar surface area (TPSA) is 0 Å². The summed E-state index contributed by atoms with van der Waals surface area (Å²) < 4.78 is 0. The minimum Gasteiger partial charge on any atom is -0.134 e. The summed E-state index contributed by atoms with van der Waals surface area (Å²) in [5.74, 6) is 3.40. The van der Waals surface area contributed by atoms with E-state index in [1.807, 2.05) is 0 Å². The third-order valence-electron chi connectivity index (χ3n) is 3.20. The number of rotatable bonds is 1. The van der Waals surface area contributed by atoms with Gasteiger partial charge in [-0.15, -0.1) is 9.24 Å². The summed E-state index contributed by atoms with van der Waals surface area (Å²) in [6.45, 7) is 2.33. The third kappa shape index (κ3) is 0.759. The molecule has 0 saturated heterocycles. The fourth-order valence-corrected chi connectivity index (χ4v) is 3.43. The van der Waals surface area contributed by atoms with E-state index in [-0.39, 0.29) is 0 Å². The quantitative estimate of drug-likeness (QED) is 0.493. The van der Waals surface area contributed by atoms with Gasteiger partial charge in [0.25, 0.3) is 0 Å². The number of hydrogen-bond acceptors (Lipinski definition) is 0. The highest BCUT2D eigenvalue weighted by Crippen LogP contribution is 2.61. The molecule has 2 aliphatic carbocycles. The minimum absolute atomic E-state index is 0.986. The summed E-state index contributed by atoms with van der Waals surface area (Å²) in [6, 6.07) is 0. The molecule has 0 radical (unpaired) electrons. The first kappa shape index (κ1) is 6.16. The molecular formula is C8H15P. The van der Waals surface area contributed by atoms with Crippen LogP contribution >= 0.6 is 9.24 Å². The van der Waals surface area contributed by atoms with Crippen molar-refractivity contribution in [3.05, 3.63) is 0 Å². The molecule has 1 heteroatoms. The maximum absolute atomic E-state index is 3.01. The van der Waals surface area contributed by atoms with E-state index in [0.29, 0.717) is 0 Å². The van der Waals surface area contributed by atoms with Gasteiger partial charge in [-0.25, -0.2) is 0 Å². The Morgan fingerprint density at radius 1 is 1.44 bits per heavy atom. The smallest absolute Gasteiger partial charge is 0.0230 e. The molecule has 2 saturated carbocycles. The molecule has 0 spiro atoms. The Balaban J connectivity index is 1.98. The normalized spacial score (nSPS) is 55.3. The molecule has 52 valence electrons. The van der Waals surface area contributed by atoms with E-state index in [4.69, 9.17) is 0 Å². The Morgan fingerprint density at radius 3 is 2.56 bits per heavy atom. The zero-order valence-electron chi connectivity index (χ0n) is 6.01. The van der Waals surface area contributed by atoms with Gasteiger partial charge >= 0.3 is 0 Å². The van der Waals surface area contributed by atoms with E-state index in [2.05, 4.69) is 16.2 Å². The Bertz CT molecular complexity index is 118. The van der Waals surface area contributed by atoms with Gasteiger partial charge in [0.15, 0.2) is 0 Å². The molecule has 2 fully saturated rings. The maximum atomic E-state index is 3.01. The molecule has 0 aromatic heterocycles. The zero-order chi connectivity index (χ0) is 6.43. The van der Waals surface area contributed by atoms with Crippen LogP contribution in [0.1, 0.15) is 26.2 Å². The number of hydrogen-bond donors (Lipinski definition) is 0. The summed E-state index contributed by atoms with van der Waals surface area (Å²) in [7, 11) is 3.01. The SMILES string of the molecule is CCC1C2CCC(P)C12. The van der Waals surface area contributed by atoms with E-state index in [1.165, 1.54) is 19.3 Å². The molecule has 5 unspecified atom stereocenters. The first-order chi connectivity index (χ1) is 4.34. The second-order valence-corrected chi connectivity index (χ2v) is 4.41. The van der Waals surface area contributed by atoms with Crippen LogP contribution in [0, 0.1) is 17.8 Å². The van der Waals surface area contributed by atoms with Crippen molar-refractivity contribution in [1.82, 2.24) is 0 Å². The number of fused-ring (bicyclic) bond motifs is 1. The molecule has 0 amide bonds. The highest BCUT2D eigenvalue weighted by Gasteiger charge is 2.54. The molecule has 0 aliphatic heterocycles. The first-order valence-electron chi connectivity index (χ1n) is 4.10. The Labute approximate surface area is 59.6 Å².